The number of carbonyl (C=O) groups is 3. The summed E-state index contributed by atoms with van der Waals surface area (Å²) in [5, 5.41) is 32.2. The molecule has 0 radical (unpaired) electrons. The number of aliphatic hydroxyl groups excluding tert-OH is 3. The van der Waals surface area contributed by atoms with Crippen LogP contribution in [0.4, 0.5) is 0 Å². The molecule has 2 heterocycles. The van der Waals surface area contributed by atoms with Gasteiger partial charge in [0, 0.05) is 43.3 Å². The van der Waals surface area contributed by atoms with E-state index in [2.05, 4.69) is 4.90 Å². The quantitative estimate of drug-likeness (QED) is 0.224. The van der Waals surface area contributed by atoms with Crippen molar-refractivity contribution in [2.75, 3.05) is 40.3 Å². The normalized spacial score (nSPS) is 37.5. The van der Waals surface area contributed by atoms with Crippen LogP contribution in [0.5, 0.6) is 0 Å². The SMILES string of the molecule is CCC1OC(=O)CC(O)C(C)C(OC2OC(C)CC(N(C)C)C2O)C(CC=O)CC(C)C(=O)/C=C\C(C)=C\C1CN(CC)CCO. The molecule has 0 saturated carbocycles. The van der Waals surface area contributed by atoms with E-state index in [1.165, 1.54) is 0 Å². The van der Waals surface area contributed by atoms with Gasteiger partial charge in [0.25, 0.3) is 0 Å². The molecular formula is C35H60N2O9. The number of hydrogen-bond acceptors (Lipinski definition) is 11. The van der Waals surface area contributed by atoms with Crippen molar-refractivity contribution in [1.82, 2.24) is 9.80 Å². The summed E-state index contributed by atoms with van der Waals surface area (Å²) in [4.78, 5) is 42.6. The van der Waals surface area contributed by atoms with E-state index in [4.69, 9.17) is 14.2 Å². The maximum Gasteiger partial charge on any atom is 0.308 e. The second-order valence-corrected chi connectivity index (χ2v) is 13.5. The lowest BCUT2D eigenvalue weighted by molar-refractivity contribution is -0.283. The van der Waals surface area contributed by atoms with Crippen molar-refractivity contribution in [2.45, 2.75) is 116 Å². The van der Waals surface area contributed by atoms with Gasteiger partial charge in [-0.15, -0.1) is 0 Å². The van der Waals surface area contributed by atoms with Crippen LogP contribution in [-0.4, -0.2) is 126 Å². The Kier molecular flexibility index (Phi) is 17.2. The molecule has 0 aromatic heterocycles. The Balaban J connectivity index is 2.52. The number of carbonyl (C=O) groups excluding carboxylic acids is 3. The van der Waals surface area contributed by atoms with E-state index < -0.39 is 54.4 Å². The van der Waals surface area contributed by atoms with Gasteiger partial charge in [-0.3, -0.25) is 9.59 Å². The second-order valence-electron chi connectivity index (χ2n) is 13.5. The molecule has 3 N–H and O–H groups in total. The van der Waals surface area contributed by atoms with Crippen LogP contribution in [0.1, 0.15) is 73.6 Å². The van der Waals surface area contributed by atoms with Crippen LogP contribution in [0, 0.1) is 23.7 Å². The smallest absolute Gasteiger partial charge is 0.308 e. The Morgan fingerprint density at radius 1 is 1.09 bits per heavy atom. The lowest BCUT2D eigenvalue weighted by atomic mass is 9.79. The molecule has 1 saturated heterocycles. The monoisotopic (exact) mass is 652 g/mol. The van der Waals surface area contributed by atoms with Gasteiger partial charge in [-0.25, -0.2) is 0 Å². The highest BCUT2D eigenvalue weighted by Gasteiger charge is 2.43. The summed E-state index contributed by atoms with van der Waals surface area (Å²) >= 11 is 0. The first-order chi connectivity index (χ1) is 21.8. The van der Waals surface area contributed by atoms with Crippen LogP contribution in [0.15, 0.2) is 23.8 Å². The van der Waals surface area contributed by atoms with Gasteiger partial charge in [-0.05, 0) is 65.7 Å². The number of ether oxygens (including phenoxy) is 3. The predicted octanol–water partition coefficient (Wildman–Crippen LogP) is 2.75. The molecular weight excluding hydrogens is 592 g/mol. The van der Waals surface area contributed by atoms with E-state index in [-0.39, 0.29) is 43.3 Å². The first-order valence-electron chi connectivity index (χ1n) is 17.0. The number of ketones is 1. The zero-order valence-electron chi connectivity index (χ0n) is 29.2. The number of allylic oxidation sites excluding steroid dienone is 3. The summed E-state index contributed by atoms with van der Waals surface area (Å²) in [6.45, 7) is 13.0. The molecule has 2 rings (SSSR count). The van der Waals surface area contributed by atoms with Gasteiger partial charge >= 0.3 is 5.97 Å². The van der Waals surface area contributed by atoms with Crippen molar-refractivity contribution in [3.8, 4) is 0 Å². The lowest BCUT2D eigenvalue weighted by Crippen LogP contribution is -2.56. The van der Waals surface area contributed by atoms with Crippen LogP contribution >= 0.6 is 0 Å². The minimum atomic E-state index is -1.19. The highest BCUT2D eigenvalue weighted by atomic mass is 16.7. The van der Waals surface area contributed by atoms with Gasteiger partial charge in [0.1, 0.15) is 18.5 Å². The van der Waals surface area contributed by atoms with Crippen LogP contribution < -0.4 is 0 Å². The van der Waals surface area contributed by atoms with Crippen molar-refractivity contribution in [3.63, 3.8) is 0 Å². The molecule has 0 aromatic rings. The van der Waals surface area contributed by atoms with Crippen molar-refractivity contribution in [3.05, 3.63) is 23.8 Å². The summed E-state index contributed by atoms with van der Waals surface area (Å²) in [5.41, 5.74) is 0.833. The Morgan fingerprint density at radius 2 is 1.78 bits per heavy atom. The number of nitrogens with zero attached hydrogens (tertiary/aromatic N) is 2. The van der Waals surface area contributed by atoms with Crippen LogP contribution in [0.3, 0.4) is 0 Å². The van der Waals surface area contributed by atoms with Gasteiger partial charge < -0.3 is 44.1 Å². The summed E-state index contributed by atoms with van der Waals surface area (Å²) < 4.78 is 18.5. The number of esters is 1. The molecule has 11 heteroatoms. The molecule has 1 fully saturated rings. The van der Waals surface area contributed by atoms with E-state index >= 15 is 0 Å². The molecule has 11 atom stereocenters. The van der Waals surface area contributed by atoms with Gasteiger partial charge in [-0.2, -0.15) is 0 Å². The fraction of sp³-hybridized carbons (Fsp3) is 0.800. The third-order valence-corrected chi connectivity index (χ3v) is 9.56. The molecule has 2 aliphatic rings. The zero-order chi connectivity index (χ0) is 34.6. The highest BCUT2D eigenvalue weighted by Crippen LogP contribution is 2.34. The van der Waals surface area contributed by atoms with Gasteiger partial charge in [0.05, 0.1) is 31.3 Å². The molecule has 11 unspecified atom stereocenters. The fourth-order valence-corrected chi connectivity index (χ4v) is 6.67. The Morgan fingerprint density at radius 3 is 2.37 bits per heavy atom. The van der Waals surface area contributed by atoms with E-state index in [0.29, 0.717) is 38.9 Å². The minimum Gasteiger partial charge on any atom is -0.462 e. The number of rotatable bonds is 11. The summed E-state index contributed by atoms with van der Waals surface area (Å²) in [6, 6.07) is -0.235. The first-order valence-corrected chi connectivity index (χ1v) is 17.0. The van der Waals surface area contributed by atoms with Gasteiger partial charge in [0.2, 0.25) is 0 Å². The summed E-state index contributed by atoms with van der Waals surface area (Å²) in [6.07, 6.45) is 2.50. The topological polar surface area (TPSA) is 146 Å². The number of aliphatic hydroxyl groups is 3. The van der Waals surface area contributed by atoms with Crippen LogP contribution in [0.25, 0.3) is 0 Å². The predicted molar refractivity (Wildman–Crippen MR) is 176 cm³/mol. The molecule has 0 aromatic carbocycles. The minimum absolute atomic E-state index is 0.00217. The van der Waals surface area contributed by atoms with E-state index in [0.717, 1.165) is 11.9 Å². The number of likely N-dealkylation sites (N-methyl/N-ethyl adjacent to an activating group) is 2. The largest absolute Gasteiger partial charge is 0.462 e. The fourth-order valence-electron chi connectivity index (χ4n) is 6.67. The van der Waals surface area contributed by atoms with Crippen molar-refractivity contribution < 1.29 is 43.9 Å². The first kappa shape index (κ1) is 40.2. The maximum absolute atomic E-state index is 13.3. The number of cyclic esters (lactones) is 1. The second kappa shape index (κ2) is 19.7. The average Bonchev–Trinajstić information content (AvgIpc) is 3.00. The molecule has 46 heavy (non-hydrogen) atoms. The Hall–Kier alpha value is -1.99. The van der Waals surface area contributed by atoms with E-state index in [1.54, 1.807) is 19.1 Å². The van der Waals surface area contributed by atoms with Crippen molar-refractivity contribution >= 4 is 18.0 Å². The maximum atomic E-state index is 13.3. The number of hydrogen-bond donors (Lipinski definition) is 3. The van der Waals surface area contributed by atoms with Crippen LogP contribution in [0.2, 0.25) is 0 Å². The molecule has 11 nitrogen and oxygen atoms in total. The van der Waals surface area contributed by atoms with Crippen molar-refractivity contribution in [2.24, 2.45) is 23.7 Å². The third kappa shape index (κ3) is 11.9. The third-order valence-electron chi connectivity index (χ3n) is 9.56. The highest BCUT2D eigenvalue weighted by molar-refractivity contribution is 5.91. The molecule has 0 aliphatic carbocycles. The number of aldehydes is 1. The van der Waals surface area contributed by atoms with E-state index in [9.17, 15) is 29.7 Å². The van der Waals surface area contributed by atoms with Crippen LogP contribution in [-0.2, 0) is 28.6 Å². The van der Waals surface area contributed by atoms with Gasteiger partial charge in [-0.1, -0.05) is 45.4 Å². The molecule has 264 valence electrons. The van der Waals surface area contributed by atoms with E-state index in [1.807, 2.05) is 59.7 Å². The molecule has 0 spiro atoms. The molecule has 2 aliphatic heterocycles. The summed E-state index contributed by atoms with van der Waals surface area (Å²) in [5.74, 6) is -2.52. The zero-order valence-corrected chi connectivity index (χ0v) is 29.2. The standard InChI is InChI=1S/C35H60N2O9/c1-9-31-27(21-37(10-2)14-16-39)17-22(3)11-12-29(40)23(4)18-26(13-15-38)34(25(6)30(41)20-32(42)45-31)46-35-33(43)28(36(7)8)19-24(5)44-35/h11-12,15,17,23-28,30-31,33-35,39,41,43H,9-10,13-14,16,18-21H2,1-8H3/b12-11-,22-17+. The molecule has 0 amide bonds. The average molecular weight is 653 g/mol. The lowest BCUT2D eigenvalue weighted by Gasteiger charge is -2.44. The van der Waals surface area contributed by atoms with Crippen molar-refractivity contribution in [1.29, 1.82) is 0 Å². The van der Waals surface area contributed by atoms with Gasteiger partial charge in [0.15, 0.2) is 12.1 Å². The summed E-state index contributed by atoms with van der Waals surface area (Å²) in [7, 11) is 3.75. The Bertz CT molecular complexity index is 1020. The molecule has 0 bridgehead atoms. The Labute approximate surface area is 275 Å².